The fourth-order valence-electron chi connectivity index (χ4n) is 5.59. The molecule has 4 aromatic rings. The van der Waals surface area contributed by atoms with Crippen LogP contribution in [0.2, 0.25) is 0 Å². The van der Waals surface area contributed by atoms with Crippen molar-refractivity contribution in [3.05, 3.63) is 81.4 Å². The largest absolute Gasteiger partial charge is 0.340 e. The summed E-state index contributed by atoms with van der Waals surface area (Å²) in [5.41, 5.74) is 3.71. The number of aryl methyl sites for hydroxylation is 2. The van der Waals surface area contributed by atoms with Crippen molar-refractivity contribution in [3.63, 3.8) is 0 Å². The Morgan fingerprint density at radius 3 is 2.51 bits per heavy atom. The van der Waals surface area contributed by atoms with Crippen molar-refractivity contribution >= 4 is 49.1 Å². The molecule has 9 nitrogen and oxygen atoms in total. The van der Waals surface area contributed by atoms with Crippen LogP contribution in [0.15, 0.2) is 59.5 Å². The number of sulfonamides is 1. The summed E-state index contributed by atoms with van der Waals surface area (Å²) in [5, 5.41) is 13.4. The highest BCUT2D eigenvalue weighted by Gasteiger charge is 2.31. The van der Waals surface area contributed by atoms with Crippen LogP contribution in [0.5, 0.6) is 0 Å². The Morgan fingerprint density at radius 2 is 1.79 bits per heavy atom. The van der Waals surface area contributed by atoms with Crippen LogP contribution in [0.3, 0.4) is 0 Å². The van der Waals surface area contributed by atoms with Gasteiger partial charge in [0.2, 0.25) is 10.0 Å². The molecule has 0 N–H and O–H groups in total. The molecular weight excluding hydrogens is 518 g/mol. The maximum atomic E-state index is 13.5. The fourth-order valence-corrected chi connectivity index (χ4v) is 7.32. The van der Waals surface area contributed by atoms with E-state index in [0.29, 0.717) is 37.8 Å². The molecule has 202 valence electrons. The number of nitro groups is 1. The Labute approximate surface area is 226 Å². The second-order valence-corrected chi connectivity index (χ2v) is 11.7. The molecular formula is C29H29N3O6S. The molecule has 39 heavy (non-hydrogen) atoms. The average molecular weight is 548 g/mol. The number of nitro benzene ring substituents is 1. The summed E-state index contributed by atoms with van der Waals surface area (Å²) < 4.78 is 30.4. The zero-order chi connectivity index (χ0) is 27.9. The summed E-state index contributed by atoms with van der Waals surface area (Å²) in [5.74, 6) is 0.0721. The second-order valence-electron chi connectivity index (χ2n) is 9.83. The highest BCUT2D eigenvalue weighted by atomic mass is 32.2. The smallest absolute Gasteiger partial charge is 0.289 e. The third kappa shape index (κ3) is 4.63. The van der Waals surface area contributed by atoms with Gasteiger partial charge in [0.15, 0.2) is 16.5 Å². The summed E-state index contributed by atoms with van der Waals surface area (Å²) >= 11 is 0. The molecule has 1 aromatic heterocycles. The molecule has 3 aromatic carbocycles. The molecule has 1 aliphatic rings. The van der Waals surface area contributed by atoms with E-state index in [1.54, 1.807) is 6.07 Å². The Hall–Kier alpha value is -3.89. The van der Waals surface area contributed by atoms with Gasteiger partial charge >= 0.3 is 0 Å². The van der Waals surface area contributed by atoms with E-state index in [0.717, 1.165) is 32.9 Å². The number of nitrogens with zero attached hydrogens (tertiary/aromatic N) is 3. The van der Waals surface area contributed by atoms with Gasteiger partial charge in [-0.3, -0.25) is 19.7 Å². The van der Waals surface area contributed by atoms with Gasteiger partial charge in [-0.1, -0.05) is 19.1 Å². The van der Waals surface area contributed by atoms with Crippen LogP contribution in [-0.2, 0) is 23.0 Å². The van der Waals surface area contributed by atoms with Gasteiger partial charge in [0.25, 0.3) is 5.69 Å². The van der Waals surface area contributed by atoms with E-state index < -0.39 is 20.6 Å². The number of para-hydroxylation sites is 1. The number of carbonyl (C=O) groups excluding carboxylic acids is 2. The van der Waals surface area contributed by atoms with Crippen LogP contribution < -0.4 is 0 Å². The zero-order valence-electron chi connectivity index (χ0n) is 21.8. The molecule has 0 saturated carbocycles. The molecule has 0 radical (unpaired) electrons. The molecule has 5 rings (SSSR count). The Bertz CT molecular complexity index is 1760. The predicted octanol–water partition coefficient (Wildman–Crippen LogP) is 5.53. The number of carbonyl (C=O) groups is 2. The number of rotatable bonds is 10. The number of ketones is 2. The van der Waals surface area contributed by atoms with E-state index in [2.05, 4.69) is 4.57 Å². The summed E-state index contributed by atoms with van der Waals surface area (Å²) in [6, 6.07) is 14.8. The highest BCUT2D eigenvalue weighted by molar-refractivity contribution is 7.89. The molecule has 0 bridgehead atoms. The first kappa shape index (κ1) is 26.7. The van der Waals surface area contributed by atoms with Gasteiger partial charge in [0, 0.05) is 65.1 Å². The van der Waals surface area contributed by atoms with Crippen LogP contribution in [0.4, 0.5) is 5.69 Å². The number of Topliss-reactive ketones (excluding diaryl/α,β-unsaturated/α-hetero) is 2. The lowest BCUT2D eigenvalue weighted by Gasteiger charge is -2.22. The zero-order valence-corrected chi connectivity index (χ0v) is 22.7. The standard InChI is InChI=1S/C29H29N3O6S/c1-3-15-30(39(37,38)28-8-5-4-7-25(28)32(35)36)16-6-17-31-24-12-9-20(19(2)33)18-23(24)29-22-11-14-27(34)21(22)10-13-26(29)31/h4-5,7-10,12-13,18H,3,6,11,14-17H2,1-2H3. The molecule has 1 aliphatic carbocycles. The van der Waals surface area contributed by atoms with E-state index in [1.165, 1.54) is 35.5 Å². The van der Waals surface area contributed by atoms with Gasteiger partial charge in [-0.2, -0.15) is 4.31 Å². The quantitative estimate of drug-likeness (QED) is 0.146. The molecule has 0 spiro atoms. The molecule has 0 atom stereocenters. The van der Waals surface area contributed by atoms with E-state index in [-0.39, 0.29) is 29.6 Å². The van der Waals surface area contributed by atoms with Gasteiger partial charge in [0.1, 0.15) is 0 Å². The number of fused-ring (bicyclic) bond motifs is 5. The van der Waals surface area contributed by atoms with Crippen molar-refractivity contribution < 1.29 is 22.9 Å². The maximum Gasteiger partial charge on any atom is 0.289 e. The fraction of sp³-hybridized carbons (Fsp3) is 0.310. The van der Waals surface area contributed by atoms with Crippen molar-refractivity contribution in [1.82, 2.24) is 8.87 Å². The number of hydrogen-bond acceptors (Lipinski definition) is 6. The monoisotopic (exact) mass is 547 g/mol. The van der Waals surface area contributed by atoms with Crippen molar-refractivity contribution in [2.45, 2.75) is 51.0 Å². The summed E-state index contributed by atoms with van der Waals surface area (Å²) in [4.78, 5) is 35.1. The number of hydrogen-bond donors (Lipinski definition) is 0. The summed E-state index contributed by atoms with van der Waals surface area (Å²) in [6.07, 6.45) is 2.13. The Balaban J connectivity index is 1.51. The first-order chi connectivity index (χ1) is 18.6. The van der Waals surface area contributed by atoms with Crippen molar-refractivity contribution in [2.75, 3.05) is 13.1 Å². The molecule has 0 aliphatic heterocycles. The van der Waals surface area contributed by atoms with Crippen LogP contribution in [0.1, 0.15) is 59.4 Å². The van der Waals surface area contributed by atoms with Gasteiger partial charge in [0.05, 0.1) is 4.92 Å². The third-order valence-corrected chi connectivity index (χ3v) is 9.34. The molecule has 10 heteroatoms. The van der Waals surface area contributed by atoms with Gasteiger partial charge in [-0.05, 0) is 68.1 Å². The first-order valence-electron chi connectivity index (χ1n) is 13.0. The maximum absolute atomic E-state index is 13.5. The van der Waals surface area contributed by atoms with Crippen molar-refractivity contribution in [2.24, 2.45) is 0 Å². The SMILES string of the molecule is CCCN(CCCn1c2ccc(C(C)=O)cc2c2c3c(ccc21)C(=O)CC3)S(=O)(=O)c1ccccc1[N+](=O)[O-]. The van der Waals surface area contributed by atoms with Crippen LogP contribution >= 0.6 is 0 Å². The normalized spacial score (nSPS) is 13.5. The minimum Gasteiger partial charge on any atom is -0.340 e. The molecule has 0 fully saturated rings. The number of aromatic nitrogens is 1. The minimum atomic E-state index is -4.09. The highest BCUT2D eigenvalue weighted by Crippen LogP contribution is 2.38. The molecule has 0 saturated heterocycles. The molecule has 1 heterocycles. The number of benzene rings is 3. The minimum absolute atomic E-state index is 0.0446. The van der Waals surface area contributed by atoms with E-state index in [1.807, 2.05) is 31.2 Å². The van der Waals surface area contributed by atoms with E-state index in [4.69, 9.17) is 0 Å². The van der Waals surface area contributed by atoms with Gasteiger partial charge in [-0.25, -0.2) is 8.42 Å². The second kappa shape index (κ2) is 10.3. The molecule has 0 unspecified atom stereocenters. The lowest BCUT2D eigenvalue weighted by molar-refractivity contribution is -0.387. The van der Waals surface area contributed by atoms with Gasteiger partial charge < -0.3 is 4.57 Å². The third-order valence-electron chi connectivity index (χ3n) is 7.39. The predicted molar refractivity (Wildman–Crippen MR) is 149 cm³/mol. The lowest BCUT2D eigenvalue weighted by Crippen LogP contribution is -2.33. The van der Waals surface area contributed by atoms with Crippen molar-refractivity contribution in [1.29, 1.82) is 0 Å². The Kier molecular flexibility index (Phi) is 7.09. The van der Waals surface area contributed by atoms with Crippen LogP contribution in [-0.4, -0.2) is 46.9 Å². The first-order valence-corrected chi connectivity index (χ1v) is 14.4. The lowest BCUT2D eigenvalue weighted by atomic mass is 10.0. The van der Waals surface area contributed by atoms with E-state index in [9.17, 15) is 28.1 Å². The van der Waals surface area contributed by atoms with Gasteiger partial charge in [-0.15, -0.1) is 0 Å². The average Bonchev–Trinajstić information content (AvgIpc) is 3.45. The topological polar surface area (TPSA) is 120 Å². The van der Waals surface area contributed by atoms with Crippen LogP contribution in [0, 0.1) is 10.1 Å². The molecule has 0 amide bonds. The Morgan fingerprint density at radius 1 is 1.05 bits per heavy atom. The van der Waals surface area contributed by atoms with E-state index >= 15 is 0 Å². The summed E-state index contributed by atoms with van der Waals surface area (Å²) in [7, 11) is -4.09. The van der Waals surface area contributed by atoms with Crippen molar-refractivity contribution in [3.8, 4) is 0 Å². The summed E-state index contributed by atoms with van der Waals surface area (Å²) in [6.45, 7) is 4.29. The van der Waals surface area contributed by atoms with Crippen LogP contribution in [0.25, 0.3) is 21.8 Å².